The van der Waals surface area contributed by atoms with Gasteiger partial charge in [0.05, 0.1) is 18.5 Å². The summed E-state index contributed by atoms with van der Waals surface area (Å²) in [5.74, 6) is 1.33. The van der Waals surface area contributed by atoms with Crippen molar-refractivity contribution in [1.29, 1.82) is 0 Å². The molecule has 28 heavy (non-hydrogen) atoms. The lowest BCUT2D eigenvalue weighted by molar-refractivity contribution is 0.403. The predicted molar refractivity (Wildman–Crippen MR) is 112 cm³/mol. The molecule has 0 saturated heterocycles. The highest BCUT2D eigenvalue weighted by Crippen LogP contribution is 2.33. The van der Waals surface area contributed by atoms with Crippen LogP contribution >= 0.6 is 15.9 Å². The summed E-state index contributed by atoms with van der Waals surface area (Å²) >= 11 is 3.33. The second-order valence-electron chi connectivity index (χ2n) is 6.64. The molecule has 0 radical (unpaired) electrons. The highest BCUT2D eigenvalue weighted by molar-refractivity contribution is 9.10. The molecule has 1 N–H and O–H groups in total. The van der Waals surface area contributed by atoms with E-state index in [2.05, 4.69) is 25.2 Å². The molecule has 0 aliphatic carbocycles. The number of methoxy groups -OCH3 is 1. The normalized spacial score (nSPS) is 13.8. The van der Waals surface area contributed by atoms with E-state index >= 15 is 0 Å². The number of halogens is 1. The fraction of sp³-hybridized carbons (Fsp3) is 0.250. The second kappa shape index (κ2) is 7.60. The average Bonchev–Trinajstić information content (AvgIpc) is 3.12. The van der Waals surface area contributed by atoms with Crippen molar-refractivity contribution in [3.05, 3.63) is 59.0 Å². The third-order valence-electron chi connectivity index (χ3n) is 4.77. The van der Waals surface area contributed by atoms with Crippen molar-refractivity contribution in [3.8, 4) is 17.0 Å². The first-order chi connectivity index (χ1) is 13.5. The van der Waals surface area contributed by atoms with Gasteiger partial charge in [0.25, 0.3) is 10.0 Å². The quantitative estimate of drug-likeness (QED) is 0.608. The Balaban J connectivity index is 1.73. The van der Waals surface area contributed by atoms with Crippen molar-refractivity contribution in [2.24, 2.45) is 0 Å². The number of aromatic nitrogens is 2. The van der Waals surface area contributed by atoms with E-state index < -0.39 is 10.0 Å². The van der Waals surface area contributed by atoms with Crippen LogP contribution in [0.3, 0.4) is 0 Å². The van der Waals surface area contributed by atoms with E-state index in [4.69, 9.17) is 9.72 Å². The van der Waals surface area contributed by atoms with E-state index in [0.29, 0.717) is 10.2 Å². The van der Waals surface area contributed by atoms with Gasteiger partial charge in [-0.05, 0) is 37.1 Å². The second-order valence-corrected chi connectivity index (χ2v) is 9.21. The van der Waals surface area contributed by atoms with Crippen LogP contribution < -0.4 is 9.46 Å². The maximum Gasteiger partial charge on any atom is 0.265 e. The number of aryl methyl sites for hydroxylation is 2. The van der Waals surface area contributed by atoms with Gasteiger partial charge in [0.2, 0.25) is 0 Å². The fourth-order valence-electron chi connectivity index (χ4n) is 3.40. The number of nitrogens with one attached hydrogen (secondary N) is 1. The van der Waals surface area contributed by atoms with Crippen LogP contribution in [0.4, 0.5) is 5.69 Å². The highest BCUT2D eigenvalue weighted by atomic mass is 79.9. The maximum atomic E-state index is 13.1. The molecule has 1 aliphatic rings. The highest BCUT2D eigenvalue weighted by Gasteiger charge is 2.22. The molecule has 6 nitrogen and oxygen atoms in total. The zero-order valence-corrected chi connectivity index (χ0v) is 17.8. The first-order valence-corrected chi connectivity index (χ1v) is 11.3. The van der Waals surface area contributed by atoms with Gasteiger partial charge in [-0.3, -0.25) is 4.72 Å². The molecular weight excluding hydrogens is 442 g/mol. The summed E-state index contributed by atoms with van der Waals surface area (Å²) in [5, 5.41) is 0. The lowest BCUT2D eigenvalue weighted by atomic mass is 10.1. The molecule has 3 aromatic rings. The minimum atomic E-state index is -3.85. The zero-order valence-electron chi connectivity index (χ0n) is 15.4. The Labute approximate surface area is 172 Å². The number of para-hydroxylation sites is 1. The SMILES string of the molecule is COc1ccc(Br)cc1S(=O)(=O)Nc1ccccc1-c1cn2c(n1)CCCC2. The minimum Gasteiger partial charge on any atom is -0.495 e. The zero-order chi connectivity index (χ0) is 19.7. The van der Waals surface area contributed by atoms with Crippen LogP contribution in [0, 0.1) is 0 Å². The van der Waals surface area contributed by atoms with Crippen LogP contribution in [0.2, 0.25) is 0 Å². The number of sulfonamides is 1. The number of nitrogens with zero attached hydrogens (tertiary/aromatic N) is 2. The molecule has 0 unspecified atom stereocenters. The van der Waals surface area contributed by atoms with Crippen molar-refractivity contribution in [2.45, 2.75) is 30.7 Å². The molecule has 0 fully saturated rings. The van der Waals surface area contributed by atoms with Crippen LogP contribution in [-0.2, 0) is 23.0 Å². The molecule has 0 spiro atoms. The molecule has 1 aliphatic heterocycles. The van der Waals surface area contributed by atoms with Gasteiger partial charge in [-0.2, -0.15) is 0 Å². The van der Waals surface area contributed by atoms with Gasteiger partial charge in [-0.1, -0.05) is 34.1 Å². The Morgan fingerprint density at radius 1 is 1.18 bits per heavy atom. The summed E-state index contributed by atoms with van der Waals surface area (Å²) in [6.45, 7) is 0.950. The number of anilines is 1. The van der Waals surface area contributed by atoms with E-state index in [-0.39, 0.29) is 10.6 Å². The van der Waals surface area contributed by atoms with Gasteiger partial charge < -0.3 is 9.30 Å². The first-order valence-electron chi connectivity index (χ1n) is 9.00. The molecule has 0 bridgehead atoms. The van der Waals surface area contributed by atoms with Crippen LogP contribution in [0.25, 0.3) is 11.3 Å². The topological polar surface area (TPSA) is 73.2 Å². The Kier molecular flexibility index (Phi) is 5.16. The molecule has 8 heteroatoms. The molecule has 146 valence electrons. The first kappa shape index (κ1) is 19.0. The van der Waals surface area contributed by atoms with Crippen LogP contribution in [0.1, 0.15) is 18.7 Å². The maximum absolute atomic E-state index is 13.1. The van der Waals surface area contributed by atoms with Gasteiger partial charge in [0.15, 0.2) is 0 Å². The van der Waals surface area contributed by atoms with Gasteiger partial charge in [0.1, 0.15) is 16.5 Å². The predicted octanol–water partition coefficient (Wildman–Crippen LogP) is 4.46. The lowest BCUT2D eigenvalue weighted by Crippen LogP contribution is -2.14. The Hall–Kier alpha value is -2.32. The number of hydrogen-bond acceptors (Lipinski definition) is 4. The van der Waals surface area contributed by atoms with Crippen molar-refractivity contribution in [3.63, 3.8) is 0 Å². The summed E-state index contributed by atoms with van der Waals surface area (Å²) < 4.78 is 36.9. The number of rotatable bonds is 5. The van der Waals surface area contributed by atoms with E-state index in [1.165, 1.54) is 13.2 Å². The average molecular weight is 462 g/mol. The third kappa shape index (κ3) is 3.66. The Morgan fingerprint density at radius 3 is 2.79 bits per heavy atom. The molecule has 1 aromatic heterocycles. The Morgan fingerprint density at radius 2 is 2.00 bits per heavy atom. The largest absolute Gasteiger partial charge is 0.495 e. The standard InChI is InChI=1S/C20H20BrN3O3S/c1-27-18-10-9-14(21)12-19(18)28(25,26)23-16-7-3-2-6-15(16)17-13-24-11-5-4-8-20(24)22-17/h2-3,6-7,9-10,12-13,23H,4-5,8,11H2,1H3. The van der Waals surface area contributed by atoms with E-state index in [1.54, 1.807) is 24.3 Å². The molecule has 0 atom stereocenters. The number of fused-ring (bicyclic) bond motifs is 1. The van der Waals surface area contributed by atoms with Crippen LogP contribution in [-0.4, -0.2) is 25.1 Å². The molecular formula is C20H20BrN3O3S. The van der Waals surface area contributed by atoms with E-state index in [9.17, 15) is 8.42 Å². The molecule has 2 heterocycles. The summed E-state index contributed by atoms with van der Waals surface area (Å²) in [6, 6.07) is 12.2. The van der Waals surface area contributed by atoms with Crippen molar-refractivity contribution in [1.82, 2.24) is 9.55 Å². The molecule has 2 aromatic carbocycles. The summed E-state index contributed by atoms with van der Waals surface area (Å²) in [4.78, 5) is 4.80. The summed E-state index contributed by atoms with van der Waals surface area (Å²) in [6.07, 6.45) is 5.22. The van der Waals surface area contributed by atoms with Gasteiger partial charge in [0, 0.05) is 29.2 Å². The van der Waals surface area contributed by atoms with Crippen LogP contribution in [0.5, 0.6) is 5.75 Å². The lowest BCUT2D eigenvalue weighted by Gasteiger charge is -2.14. The summed E-state index contributed by atoms with van der Waals surface area (Å²) in [7, 11) is -2.40. The number of imidazole rings is 1. The molecule has 0 saturated carbocycles. The molecule has 0 amide bonds. The summed E-state index contributed by atoms with van der Waals surface area (Å²) in [5.41, 5.74) is 2.01. The van der Waals surface area contributed by atoms with Crippen LogP contribution in [0.15, 0.2) is 58.0 Å². The number of ether oxygens (including phenoxy) is 1. The van der Waals surface area contributed by atoms with E-state index in [1.807, 2.05) is 18.3 Å². The van der Waals surface area contributed by atoms with Gasteiger partial charge in [-0.25, -0.2) is 13.4 Å². The van der Waals surface area contributed by atoms with Crippen molar-refractivity contribution >= 4 is 31.6 Å². The fourth-order valence-corrected chi connectivity index (χ4v) is 5.19. The Bertz CT molecular complexity index is 1100. The van der Waals surface area contributed by atoms with Crippen molar-refractivity contribution in [2.75, 3.05) is 11.8 Å². The molecule has 4 rings (SSSR count). The third-order valence-corrected chi connectivity index (χ3v) is 6.65. The van der Waals surface area contributed by atoms with E-state index in [0.717, 1.165) is 42.9 Å². The minimum absolute atomic E-state index is 0.0725. The van der Waals surface area contributed by atoms with Gasteiger partial charge in [-0.15, -0.1) is 0 Å². The number of benzene rings is 2. The van der Waals surface area contributed by atoms with Gasteiger partial charge >= 0.3 is 0 Å². The smallest absolute Gasteiger partial charge is 0.265 e. The monoisotopic (exact) mass is 461 g/mol. The van der Waals surface area contributed by atoms with Crippen molar-refractivity contribution < 1.29 is 13.2 Å². The number of hydrogen-bond donors (Lipinski definition) is 1.